The SMILES string of the molecule is COc1ccccc1-c1cc(C)ncc1C(=O)Nc1nn2cc(-c3ccncc3)nc2s1. The quantitative estimate of drug-likeness (QED) is 0.431. The van der Waals surface area contributed by atoms with E-state index >= 15 is 0 Å². The zero-order valence-electron chi connectivity index (χ0n) is 17.3. The zero-order chi connectivity index (χ0) is 22.1. The third kappa shape index (κ3) is 3.69. The Morgan fingerprint density at radius 1 is 1.12 bits per heavy atom. The van der Waals surface area contributed by atoms with Gasteiger partial charge in [0.15, 0.2) is 0 Å². The molecular weight excluding hydrogens is 424 g/mol. The number of aryl methyl sites for hydroxylation is 1. The minimum absolute atomic E-state index is 0.301. The molecule has 0 saturated carbocycles. The van der Waals surface area contributed by atoms with Crippen molar-refractivity contribution in [2.75, 3.05) is 12.4 Å². The lowest BCUT2D eigenvalue weighted by atomic mass is 9.99. The van der Waals surface area contributed by atoms with Gasteiger partial charge in [0.25, 0.3) is 5.91 Å². The fourth-order valence-corrected chi connectivity index (χ4v) is 4.18. The van der Waals surface area contributed by atoms with E-state index in [0.29, 0.717) is 21.4 Å². The molecule has 9 heteroatoms. The molecular formula is C23H18N6O2S. The van der Waals surface area contributed by atoms with E-state index in [9.17, 15) is 4.79 Å². The predicted octanol–water partition coefficient (Wildman–Crippen LogP) is 4.48. The molecule has 0 unspecified atom stereocenters. The van der Waals surface area contributed by atoms with Crippen molar-refractivity contribution in [2.24, 2.45) is 0 Å². The fourth-order valence-electron chi connectivity index (χ4n) is 3.41. The highest BCUT2D eigenvalue weighted by Gasteiger charge is 2.19. The predicted molar refractivity (Wildman–Crippen MR) is 123 cm³/mol. The van der Waals surface area contributed by atoms with E-state index in [-0.39, 0.29) is 5.91 Å². The van der Waals surface area contributed by atoms with Gasteiger partial charge in [-0.15, -0.1) is 5.10 Å². The molecule has 158 valence electrons. The molecule has 32 heavy (non-hydrogen) atoms. The number of ether oxygens (including phenoxy) is 1. The van der Waals surface area contributed by atoms with Crippen LogP contribution in [0, 0.1) is 6.92 Å². The molecule has 1 N–H and O–H groups in total. The maximum atomic E-state index is 13.1. The molecule has 5 rings (SSSR count). The Bertz CT molecular complexity index is 1400. The lowest BCUT2D eigenvalue weighted by Crippen LogP contribution is -2.14. The highest BCUT2D eigenvalue weighted by atomic mass is 32.1. The number of hydrogen-bond donors (Lipinski definition) is 1. The molecule has 1 aromatic carbocycles. The largest absolute Gasteiger partial charge is 0.496 e. The Balaban J connectivity index is 1.45. The molecule has 0 spiro atoms. The van der Waals surface area contributed by atoms with Crippen molar-refractivity contribution in [3.63, 3.8) is 0 Å². The minimum Gasteiger partial charge on any atom is -0.496 e. The van der Waals surface area contributed by atoms with Crippen LogP contribution in [-0.2, 0) is 0 Å². The lowest BCUT2D eigenvalue weighted by molar-refractivity contribution is 0.102. The number of nitrogens with one attached hydrogen (secondary N) is 1. The lowest BCUT2D eigenvalue weighted by Gasteiger charge is -2.13. The number of hydrogen-bond acceptors (Lipinski definition) is 7. The van der Waals surface area contributed by atoms with Crippen LogP contribution in [0.25, 0.3) is 27.3 Å². The molecule has 8 nitrogen and oxygen atoms in total. The number of benzene rings is 1. The highest BCUT2D eigenvalue weighted by molar-refractivity contribution is 7.20. The molecule has 0 bridgehead atoms. The van der Waals surface area contributed by atoms with Crippen LogP contribution >= 0.6 is 11.3 Å². The molecule has 0 radical (unpaired) electrons. The number of para-hydroxylation sites is 1. The molecule has 0 aliphatic carbocycles. The molecule has 0 aliphatic heterocycles. The van der Waals surface area contributed by atoms with Crippen LogP contribution in [-0.4, -0.2) is 37.6 Å². The van der Waals surface area contributed by atoms with Gasteiger partial charge in [-0.1, -0.05) is 29.5 Å². The highest BCUT2D eigenvalue weighted by Crippen LogP contribution is 2.33. The monoisotopic (exact) mass is 442 g/mol. The van der Waals surface area contributed by atoms with Crippen LogP contribution < -0.4 is 10.1 Å². The zero-order valence-corrected chi connectivity index (χ0v) is 18.1. The van der Waals surface area contributed by atoms with Crippen LogP contribution in [0.2, 0.25) is 0 Å². The van der Waals surface area contributed by atoms with Gasteiger partial charge >= 0.3 is 0 Å². The summed E-state index contributed by atoms with van der Waals surface area (Å²) in [5.41, 5.74) is 4.56. The Morgan fingerprint density at radius 2 is 1.94 bits per heavy atom. The van der Waals surface area contributed by atoms with E-state index in [4.69, 9.17) is 4.74 Å². The standard InChI is InChI=1S/C23H18N6O2S/c1-14-11-17(16-5-3-4-6-20(16)31-2)18(12-25-14)21(30)27-22-28-29-13-19(26-23(29)32-22)15-7-9-24-10-8-15/h3-13H,1-2H3,(H,27,28,30). The number of anilines is 1. The van der Waals surface area contributed by atoms with Crippen molar-refractivity contribution in [1.82, 2.24) is 24.6 Å². The Kier molecular flexibility index (Phi) is 5.08. The number of aromatic nitrogens is 5. The van der Waals surface area contributed by atoms with Crippen molar-refractivity contribution in [3.8, 4) is 28.1 Å². The van der Waals surface area contributed by atoms with Gasteiger partial charge in [0.1, 0.15) is 5.75 Å². The summed E-state index contributed by atoms with van der Waals surface area (Å²) >= 11 is 1.30. The van der Waals surface area contributed by atoms with Gasteiger partial charge in [-0.3, -0.25) is 20.1 Å². The Morgan fingerprint density at radius 3 is 2.72 bits per heavy atom. The normalized spacial score (nSPS) is 10.9. The Labute approximate surface area is 187 Å². The molecule has 0 fully saturated rings. The number of imidazole rings is 1. The molecule has 1 amide bonds. The summed E-state index contributed by atoms with van der Waals surface area (Å²) in [4.78, 5) is 26.8. The van der Waals surface area contributed by atoms with Crippen LogP contribution in [0.15, 0.2) is 67.3 Å². The minimum atomic E-state index is -0.301. The molecule has 0 aliphatic rings. The van der Waals surface area contributed by atoms with Crippen molar-refractivity contribution < 1.29 is 9.53 Å². The van der Waals surface area contributed by atoms with Gasteiger partial charge in [0.05, 0.1) is 24.6 Å². The number of carbonyl (C=O) groups excluding carboxylic acids is 1. The molecule has 4 aromatic heterocycles. The first-order valence-corrected chi connectivity index (χ1v) is 10.6. The summed E-state index contributed by atoms with van der Waals surface area (Å²) in [6.45, 7) is 1.89. The topological polar surface area (TPSA) is 94.3 Å². The van der Waals surface area contributed by atoms with Crippen LogP contribution in [0.1, 0.15) is 16.1 Å². The number of amides is 1. The van der Waals surface area contributed by atoms with E-state index in [1.807, 2.05) is 55.6 Å². The van der Waals surface area contributed by atoms with Crippen LogP contribution in [0.3, 0.4) is 0 Å². The Hall–Kier alpha value is -4.11. The van der Waals surface area contributed by atoms with E-state index in [1.165, 1.54) is 11.3 Å². The number of pyridine rings is 2. The second-order valence-electron chi connectivity index (χ2n) is 7.02. The smallest absolute Gasteiger partial charge is 0.259 e. The summed E-state index contributed by atoms with van der Waals surface area (Å²) in [5, 5.41) is 7.78. The van der Waals surface area contributed by atoms with Gasteiger partial charge in [-0.05, 0) is 31.2 Å². The van der Waals surface area contributed by atoms with Crippen LogP contribution in [0.5, 0.6) is 5.75 Å². The van der Waals surface area contributed by atoms with Crippen molar-refractivity contribution in [3.05, 3.63) is 78.5 Å². The summed E-state index contributed by atoms with van der Waals surface area (Å²) in [5.74, 6) is 0.383. The van der Waals surface area contributed by atoms with E-state index in [1.54, 1.807) is 30.2 Å². The third-order valence-corrected chi connectivity index (χ3v) is 5.76. The van der Waals surface area contributed by atoms with Gasteiger partial charge in [-0.25, -0.2) is 9.50 Å². The molecule has 0 saturated heterocycles. The van der Waals surface area contributed by atoms with Gasteiger partial charge in [0.2, 0.25) is 10.1 Å². The molecule has 5 aromatic rings. The molecule has 0 atom stereocenters. The number of nitrogens with zero attached hydrogens (tertiary/aromatic N) is 5. The molecule has 4 heterocycles. The van der Waals surface area contributed by atoms with Gasteiger partial charge in [0, 0.05) is 41.0 Å². The first-order chi connectivity index (χ1) is 15.6. The van der Waals surface area contributed by atoms with Crippen molar-refractivity contribution in [1.29, 1.82) is 0 Å². The summed E-state index contributed by atoms with van der Waals surface area (Å²) < 4.78 is 7.15. The summed E-state index contributed by atoms with van der Waals surface area (Å²) in [6.07, 6.45) is 6.84. The van der Waals surface area contributed by atoms with Crippen molar-refractivity contribution >= 4 is 27.3 Å². The average molecular weight is 443 g/mol. The van der Waals surface area contributed by atoms with E-state index in [2.05, 4.69) is 25.4 Å². The number of rotatable bonds is 5. The van der Waals surface area contributed by atoms with E-state index < -0.39 is 0 Å². The van der Waals surface area contributed by atoms with Crippen LogP contribution in [0.4, 0.5) is 5.13 Å². The maximum absolute atomic E-state index is 13.1. The summed E-state index contributed by atoms with van der Waals surface area (Å²) in [7, 11) is 1.61. The first kappa shape index (κ1) is 19.8. The second kappa shape index (κ2) is 8.20. The third-order valence-electron chi connectivity index (χ3n) is 4.92. The fraction of sp³-hybridized carbons (Fsp3) is 0.0870. The van der Waals surface area contributed by atoms with Gasteiger partial charge < -0.3 is 4.74 Å². The van der Waals surface area contributed by atoms with Gasteiger partial charge in [-0.2, -0.15) is 0 Å². The number of fused-ring (bicyclic) bond motifs is 1. The van der Waals surface area contributed by atoms with E-state index in [0.717, 1.165) is 28.1 Å². The summed E-state index contributed by atoms with van der Waals surface area (Å²) in [6, 6.07) is 13.2. The van der Waals surface area contributed by atoms with Crippen molar-refractivity contribution in [2.45, 2.75) is 6.92 Å². The average Bonchev–Trinajstić information content (AvgIpc) is 3.38. The number of methoxy groups -OCH3 is 1. The number of carbonyl (C=O) groups is 1. The maximum Gasteiger partial charge on any atom is 0.259 e. The second-order valence-corrected chi connectivity index (χ2v) is 7.98. The first-order valence-electron chi connectivity index (χ1n) is 9.80.